The average molecular weight is 341 g/mol. The number of hydrogen-bond donors (Lipinski definition) is 1. The van der Waals surface area contributed by atoms with Gasteiger partial charge in [-0.3, -0.25) is 14.5 Å². The Balaban J connectivity index is 1.46. The number of benzene rings is 1. The average Bonchev–Trinajstić information content (AvgIpc) is 3.20. The molecule has 2 heterocycles. The summed E-state index contributed by atoms with van der Waals surface area (Å²) in [5, 5.41) is 6.94. The predicted octanol–water partition coefficient (Wildman–Crippen LogP) is 1.48. The Morgan fingerprint density at radius 3 is 2.60 bits per heavy atom. The first-order valence-corrected chi connectivity index (χ1v) is 8.00. The SMILES string of the molecule is CN1CC(=O)N(CCCC(=O)Nc2ccc(-n3cccn3)cc2)C1=O. The van der Waals surface area contributed by atoms with E-state index in [9.17, 15) is 14.4 Å². The largest absolute Gasteiger partial charge is 0.326 e. The highest BCUT2D eigenvalue weighted by Crippen LogP contribution is 2.14. The van der Waals surface area contributed by atoms with Crippen LogP contribution in [0.2, 0.25) is 0 Å². The van der Waals surface area contributed by atoms with E-state index in [0.29, 0.717) is 12.1 Å². The number of amides is 4. The van der Waals surface area contributed by atoms with Gasteiger partial charge in [0.2, 0.25) is 11.8 Å². The quantitative estimate of drug-likeness (QED) is 0.806. The molecule has 1 saturated heterocycles. The van der Waals surface area contributed by atoms with Crippen molar-refractivity contribution in [2.24, 2.45) is 0 Å². The van der Waals surface area contributed by atoms with Crippen molar-refractivity contribution in [1.82, 2.24) is 19.6 Å². The highest BCUT2D eigenvalue weighted by atomic mass is 16.2. The number of hydrogen-bond acceptors (Lipinski definition) is 4. The van der Waals surface area contributed by atoms with E-state index in [0.717, 1.165) is 5.69 Å². The van der Waals surface area contributed by atoms with Crippen LogP contribution in [0.15, 0.2) is 42.7 Å². The Labute approximate surface area is 145 Å². The summed E-state index contributed by atoms with van der Waals surface area (Å²) < 4.78 is 1.73. The maximum absolute atomic E-state index is 12.0. The molecule has 1 aliphatic rings. The summed E-state index contributed by atoms with van der Waals surface area (Å²) in [6.45, 7) is 0.362. The first-order valence-electron chi connectivity index (χ1n) is 8.00. The molecule has 25 heavy (non-hydrogen) atoms. The molecule has 0 spiro atoms. The number of anilines is 1. The molecule has 1 aliphatic heterocycles. The third kappa shape index (κ3) is 3.85. The number of nitrogens with one attached hydrogen (secondary N) is 1. The third-order valence-corrected chi connectivity index (χ3v) is 3.94. The smallest absolute Gasteiger partial charge is 0.326 e. The van der Waals surface area contributed by atoms with Gasteiger partial charge in [-0.05, 0) is 36.8 Å². The Hall–Kier alpha value is -3.16. The fourth-order valence-corrected chi connectivity index (χ4v) is 2.63. The van der Waals surface area contributed by atoms with E-state index in [1.807, 2.05) is 24.4 Å². The number of urea groups is 1. The summed E-state index contributed by atoms with van der Waals surface area (Å²) in [6, 6.07) is 8.86. The summed E-state index contributed by atoms with van der Waals surface area (Å²) >= 11 is 0. The maximum atomic E-state index is 12.0. The van der Waals surface area contributed by atoms with E-state index in [1.54, 1.807) is 30.1 Å². The second-order valence-electron chi connectivity index (χ2n) is 5.83. The molecule has 1 aromatic heterocycles. The molecule has 2 aromatic rings. The van der Waals surface area contributed by atoms with Crippen molar-refractivity contribution in [3.8, 4) is 5.69 Å². The Kier molecular flexibility index (Phi) is 4.78. The van der Waals surface area contributed by atoms with Gasteiger partial charge >= 0.3 is 6.03 Å². The second kappa shape index (κ2) is 7.16. The molecule has 4 amide bonds. The van der Waals surface area contributed by atoms with Crippen LogP contribution in [0.4, 0.5) is 10.5 Å². The summed E-state index contributed by atoms with van der Waals surface area (Å²) in [5.41, 5.74) is 1.59. The zero-order valence-corrected chi connectivity index (χ0v) is 13.9. The summed E-state index contributed by atoms with van der Waals surface area (Å²) in [6.07, 6.45) is 4.21. The molecule has 0 atom stereocenters. The zero-order chi connectivity index (χ0) is 17.8. The van der Waals surface area contributed by atoms with E-state index < -0.39 is 0 Å². The normalized spacial score (nSPS) is 14.3. The Morgan fingerprint density at radius 1 is 1.24 bits per heavy atom. The molecule has 0 aliphatic carbocycles. The first-order chi connectivity index (χ1) is 12.0. The predicted molar refractivity (Wildman–Crippen MR) is 91.2 cm³/mol. The maximum Gasteiger partial charge on any atom is 0.326 e. The molecule has 8 heteroatoms. The number of imide groups is 1. The van der Waals surface area contributed by atoms with Crippen LogP contribution >= 0.6 is 0 Å². The van der Waals surface area contributed by atoms with Gasteiger partial charge in [0.05, 0.1) is 5.69 Å². The molecule has 8 nitrogen and oxygen atoms in total. The molecular weight excluding hydrogens is 322 g/mol. The van der Waals surface area contributed by atoms with Crippen LogP contribution in [0.3, 0.4) is 0 Å². The van der Waals surface area contributed by atoms with Crippen molar-refractivity contribution in [3.63, 3.8) is 0 Å². The molecule has 0 radical (unpaired) electrons. The Morgan fingerprint density at radius 2 is 2.00 bits per heavy atom. The van der Waals surface area contributed by atoms with Crippen molar-refractivity contribution in [2.45, 2.75) is 12.8 Å². The van der Waals surface area contributed by atoms with Gasteiger partial charge in [0.1, 0.15) is 6.54 Å². The lowest BCUT2D eigenvalue weighted by atomic mass is 10.2. The molecule has 0 unspecified atom stereocenters. The zero-order valence-electron chi connectivity index (χ0n) is 13.9. The number of carbonyl (C=O) groups excluding carboxylic acids is 3. The fourth-order valence-electron chi connectivity index (χ4n) is 2.63. The molecular formula is C17H19N5O3. The lowest BCUT2D eigenvalue weighted by molar-refractivity contribution is -0.125. The molecule has 1 aromatic carbocycles. The van der Waals surface area contributed by atoms with Crippen molar-refractivity contribution in [3.05, 3.63) is 42.7 Å². The highest BCUT2D eigenvalue weighted by molar-refractivity contribution is 6.01. The van der Waals surface area contributed by atoms with Gasteiger partial charge in [-0.1, -0.05) is 0 Å². The van der Waals surface area contributed by atoms with Gasteiger partial charge < -0.3 is 10.2 Å². The summed E-state index contributed by atoms with van der Waals surface area (Å²) in [5.74, 6) is -0.374. The fraction of sp³-hybridized carbons (Fsp3) is 0.294. The van der Waals surface area contributed by atoms with Gasteiger partial charge in [-0.2, -0.15) is 5.10 Å². The Bertz CT molecular complexity index is 770. The topological polar surface area (TPSA) is 87.5 Å². The van der Waals surface area contributed by atoms with Crippen LogP contribution in [-0.2, 0) is 9.59 Å². The van der Waals surface area contributed by atoms with Crippen LogP contribution in [0.1, 0.15) is 12.8 Å². The number of likely N-dealkylation sites (N-methyl/N-ethyl adjacent to an activating group) is 1. The first kappa shape index (κ1) is 16.7. The summed E-state index contributed by atoms with van der Waals surface area (Å²) in [7, 11) is 1.58. The minimum absolute atomic E-state index is 0.105. The van der Waals surface area contributed by atoms with E-state index in [-0.39, 0.29) is 37.4 Å². The van der Waals surface area contributed by atoms with Gasteiger partial charge in [0, 0.05) is 38.1 Å². The van der Waals surface area contributed by atoms with E-state index in [1.165, 1.54) is 9.80 Å². The van der Waals surface area contributed by atoms with Crippen molar-refractivity contribution in [1.29, 1.82) is 0 Å². The van der Waals surface area contributed by atoms with E-state index in [2.05, 4.69) is 10.4 Å². The highest BCUT2D eigenvalue weighted by Gasteiger charge is 2.32. The van der Waals surface area contributed by atoms with Crippen LogP contribution in [0.5, 0.6) is 0 Å². The van der Waals surface area contributed by atoms with Gasteiger partial charge in [-0.25, -0.2) is 9.48 Å². The van der Waals surface area contributed by atoms with E-state index >= 15 is 0 Å². The molecule has 0 saturated carbocycles. The molecule has 3 rings (SSSR count). The standard InChI is InChI=1S/C17H19N5O3/c1-20-12-16(24)21(17(20)25)10-2-4-15(23)19-13-5-7-14(8-6-13)22-11-3-9-18-22/h3,5-9,11H,2,4,10,12H2,1H3,(H,19,23). The van der Waals surface area contributed by atoms with Crippen LogP contribution in [-0.4, -0.2) is 57.6 Å². The van der Waals surface area contributed by atoms with Crippen molar-refractivity contribution >= 4 is 23.5 Å². The lowest BCUT2D eigenvalue weighted by Gasteiger charge is -2.13. The molecule has 0 bridgehead atoms. The van der Waals surface area contributed by atoms with Crippen LogP contribution < -0.4 is 5.32 Å². The molecule has 1 N–H and O–H groups in total. The van der Waals surface area contributed by atoms with E-state index in [4.69, 9.17) is 0 Å². The minimum atomic E-state index is -0.306. The summed E-state index contributed by atoms with van der Waals surface area (Å²) in [4.78, 5) is 37.9. The van der Waals surface area contributed by atoms with Gasteiger partial charge in [0.25, 0.3) is 0 Å². The molecule has 130 valence electrons. The minimum Gasteiger partial charge on any atom is -0.326 e. The van der Waals surface area contributed by atoms with Gasteiger partial charge in [-0.15, -0.1) is 0 Å². The van der Waals surface area contributed by atoms with Crippen LogP contribution in [0.25, 0.3) is 5.69 Å². The number of rotatable bonds is 6. The number of aromatic nitrogens is 2. The number of carbonyl (C=O) groups is 3. The van der Waals surface area contributed by atoms with Crippen LogP contribution in [0, 0.1) is 0 Å². The monoisotopic (exact) mass is 341 g/mol. The number of nitrogens with zero attached hydrogens (tertiary/aromatic N) is 4. The third-order valence-electron chi connectivity index (χ3n) is 3.94. The van der Waals surface area contributed by atoms with Crippen molar-refractivity contribution < 1.29 is 14.4 Å². The lowest BCUT2D eigenvalue weighted by Crippen LogP contribution is -2.32. The van der Waals surface area contributed by atoms with Gasteiger partial charge in [0.15, 0.2) is 0 Å². The second-order valence-corrected chi connectivity index (χ2v) is 5.83. The molecule has 1 fully saturated rings. The van der Waals surface area contributed by atoms with Crippen molar-refractivity contribution in [2.75, 3.05) is 25.5 Å².